The lowest BCUT2D eigenvalue weighted by atomic mass is 10.3. The molecule has 2 N–H and O–H groups in total. The van der Waals surface area contributed by atoms with Gasteiger partial charge in [0.1, 0.15) is 0 Å². The molecule has 0 bridgehead atoms. The van der Waals surface area contributed by atoms with Gasteiger partial charge >= 0.3 is 0 Å². The normalized spacial score (nSPS) is 7.83. The number of nitrogens with one attached hydrogen (secondary N) is 2. The van der Waals surface area contributed by atoms with E-state index >= 15 is 0 Å². The van der Waals surface area contributed by atoms with Crippen LogP contribution in [0, 0.1) is 6.92 Å². The summed E-state index contributed by atoms with van der Waals surface area (Å²) in [6, 6.07) is 3.95. The second kappa shape index (κ2) is 7.68. The predicted octanol–water partition coefficient (Wildman–Crippen LogP) is 0.257. The molecule has 0 aromatic carbocycles. The molecule has 66 valence electrons. The Bertz CT molecular complexity index is 201. The summed E-state index contributed by atoms with van der Waals surface area (Å²) >= 11 is 0. The zero-order chi connectivity index (χ0) is 9.23. The Kier molecular flexibility index (Phi) is 6.78. The van der Waals surface area contributed by atoms with Gasteiger partial charge < -0.3 is 0 Å². The minimum absolute atomic E-state index is 0.569. The lowest BCUT2D eigenvalue weighted by Crippen LogP contribution is -2.24. The molecule has 1 aromatic rings. The Morgan fingerprint density at radius 2 is 2.33 bits per heavy atom. The number of hydrogen-bond acceptors (Lipinski definition) is 3. The Labute approximate surface area is 72.0 Å². The maximum atomic E-state index is 9.23. The van der Waals surface area contributed by atoms with Gasteiger partial charge in [-0.15, -0.1) is 0 Å². The van der Waals surface area contributed by atoms with Gasteiger partial charge in [0.2, 0.25) is 6.41 Å². The number of carbonyl (C=O) groups is 1. The number of aromatic nitrogens is 1. The average Bonchev–Trinajstić information content (AvgIpc) is 2.08. The van der Waals surface area contributed by atoms with Crippen LogP contribution in [0.5, 0.6) is 0 Å². The molecule has 0 saturated carbocycles. The lowest BCUT2D eigenvalue weighted by molar-refractivity contribution is -0.110. The van der Waals surface area contributed by atoms with Crippen LogP contribution in [0.3, 0.4) is 0 Å². The van der Waals surface area contributed by atoms with Crippen molar-refractivity contribution in [1.29, 1.82) is 0 Å². The number of rotatable bonds is 2. The summed E-state index contributed by atoms with van der Waals surface area (Å²) in [7, 11) is 1.62. The summed E-state index contributed by atoms with van der Waals surface area (Å²) in [6.07, 6.45) is 4.17. The summed E-state index contributed by atoms with van der Waals surface area (Å²) in [6.45, 7) is 2.02. The molecular weight excluding hydrogens is 154 g/mol. The Balaban J connectivity index is 0.000000217. The smallest absolute Gasteiger partial charge is 0.221 e. The minimum Gasteiger partial charge on any atom is -0.294 e. The Morgan fingerprint density at radius 3 is 2.50 bits per heavy atom. The van der Waals surface area contributed by atoms with Crippen LogP contribution < -0.4 is 10.9 Å². The first-order valence-electron chi connectivity index (χ1n) is 3.53. The quantitative estimate of drug-likeness (QED) is 0.490. The van der Waals surface area contributed by atoms with Gasteiger partial charge in [-0.25, -0.2) is 5.43 Å². The van der Waals surface area contributed by atoms with Crippen LogP contribution in [-0.2, 0) is 4.79 Å². The Hall–Kier alpha value is -1.42. The largest absolute Gasteiger partial charge is 0.294 e. The third-order valence-electron chi connectivity index (χ3n) is 1.01. The highest BCUT2D eigenvalue weighted by Crippen LogP contribution is 1.88. The zero-order valence-electron chi connectivity index (χ0n) is 7.24. The van der Waals surface area contributed by atoms with E-state index in [0.29, 0.717) is 6.41 Å². The fourth-order valence-electron chi connectivity index (χ4n) is 0.507. The Morgan fingerprint density at radius 1 is 1.58 bits per heavy atom. The van der Waals surface area contributed by atoms with Crippen molar-refractivity contribution in [3.05, 3.63) is 30.1 Å². The topological polar surface area (TPSA) is 54.0 Å². The molecule has 0 saturated heterocycles. The fraction of sp³-hybridized carbons (Fsp3) is 0.250. The van der Waals surface area contributed by atoms with Crippen LogP contribution in [0.4, 0.5) is 0 Å². The molecule has 0 unspecified atom stereocenters. The number of hydrazine groups is 1. The van der Waals surface area contributed by atoms with Crippen LogP contribution >= 0.6 is 0 Å². The summed E-state index contributed by atoms with van der Waals surface area (Å²) in [5, 5.41) is 0. The summed E-state index contributed by atoms with van der Waals surface area (Å²) < 4.78 is 0. The van der Waals surface area contributed by atoms with Gasteiger partial charge in [0, 0.05) is 19.4 Å². The van der Waals surface area contributed by atoms with Crippen LogP contribution in [0.1, 0.15) is 5.56 Å². The van der Waals surface area contributed by atoms with Crippen molar-refractivity contribution in [2.45, 2.75) is 6.92 Å². The van der Waals surface area contributed by atoms with Gasteiger partial charge in [-0.1, -0.05) is 6.07 Å². The molecule has 0 aliphatic rings. The van der Waals surface area contributed by atoms with Crippen LogP contribution in [0.2, 0.25) is 0 Å². The van der Waals surface area contributed by atoms with E-state index in [0.717, 1.165) is 0 Å². The lowest BCUT2D eigenvalue weighted by Gasteiger charge is -1.83. The average molecular weight is 167 g/mol. The van der Waals surface area contributed by atoms with E-state index in [4.69, 9.17) is 0 Å². The van der Waals surface area contributed by atoms with E-state index in [1.165, 1.54) is 5.56 Å². The molecule has 1 heterocycles. The van der Waals surface area contributed by atoms with Crippen LogP contribution in [0.15, 0.2) is 24.5 Å². The van der Waals surface area contributed by atoms with Crippen molar-refractivity contribution in [3.8, 4) is 0 Å². The van der Waals surface area contributed by atoms with E-state index < -0.39 is 0 Å². The van der Waals surface area contributed by atoms with Crippen molar-refractivity contribution in [2.24, 2.45) is 0 Å². The monoisotopic (exact) mass is 167 g/mol. The first kappa shape index (κ1) is 10.6. The SMILES string of the molecule is CNNC=O.Cc1cccnc1. The molecule has 4 heteroatoms. The van der Waals surface area contributed by atoms with Gasteiger partial charge in [-0.05, 0) is 18.6 Å². The fourth-order valence-corrected chi connectivity index (χ4v) is 0.507. The number of nitrogens with zero attached hydrogens (tertiary/aromatic N) is 1. The van der Waals surface area contributed by atoms with Gasteiger partial charge in [-0.3, -0.25) is 15.2 Å². The number of aryl methyl sites for hydroxylation is 1. The van der Waals surface area contributed by atoms with Crippen LogP contribution in [0.25, 0.3) is 0 Å². The van der Waals surface area contributed by atoms with Crippen molar-refractivity contribution >= 4 is 6.41 Å². The first-order valence-corrected chi connectivity index (χ1v) is 3.53. The van der Waals surface area contributed by atoms with Gasteiger partial charge in [0.05, 0.1) is 0 Å². The van der Waals surface area contributed by atoms with Gasteiger partial charge in [0.15, 0.2) is 0 Å². The third-order valence-corrected chi connectivity index (χ3v) is 1.01. The molecule has 0 fully saturated rings. The van der Waals surface area contributed by atoms with Gasteiger partial charge in [-0.2, -0.15) is 0 Å². The van der Waals surface area contributed by atoms with Crippen molar-refractivity contribution in [2.75, 3.05) is 7.05 Å². The molecular formula is C8H13N3O. The highest BCUT2D eigenvalue weighted by molar-refractivity contribution is 5.44. The highest BCUT2D eigenvalue weighted by atomic mass is 16.1. The standard InChI is InChI=1S/C6H7N.C2H6N2O/c1-6-3-2-4-7-5-6;1-3-4-2-5/h2-5H,1H3;2-3H,1H3,(H,4,5). The molecule has 0 radical (unpaired) electrons. The highest BCUT2D eigenvalue weighted by Gasteiger charge is 1.73. The molecule has 12 heavy (non-hydrogen) atoms. The molecule has 0 atom stereocenters. The van der Waals surface area contributed by atoms with Crippen LogP contribution in [-0.4, -0.2) is 18.4 Å². The second-order valence-electron chi connectivity index (χ2n) is 2.04. The van der Waals surface area contributed by atoms with E-state index in [9.17, 15) is 4.79 Å². The maximum absolute atomic E-state index is 9.23. The molecule has 1 aromatic heterocycles. The second-order valence-corrected chi connectivity index (χ2v) is 2.04. The van der Waals surface area contributed by atoms with E-state index in [2.05, 4.69) is 15.8 Å². The van der Waals surface area contributed by atoms with Crippen molar-refractivity contribution in [1.82, 2.24) is 15.8 Å². The summed E-state index contributed by atoms with van der Waals surface area (Å²) in [5.74, 6) is 0. The molecule has 0 spiro atoms. The van der Waals surface area contributed by atoms with Gasteiger partial charge in [0.25, 0.3) is 0 Å². The van der Waals surface area contributed by atoms with Crippen molar-refractivity contribution in [3.63, 3.8) is 0 Å². The minimum atomic E-state index is 0.569. The number of carbonyl (C=O) groups excluding carboxylic acids is 1. The maximum Gasteiger partial charge on any atom is 0.221 e. The van der Waals surface area contributed by atoms with Crippen molar-refractivity contribution < 1.29 is 4.79 Å². The number of hydrogen-bond donors (Lipinski definition) is 2. The molecule has 4 nitrogen and oxygen atoms in total. The molecule has 0 aliphatic heterocycles. The van der Waals surface area contributed by atoms with E-state index in [1.807, 2.05) is 25.3 Å². The van der Waals surface area contributed by atoms with E-state index in [1.54, 1.807) is 13.2 Å². The van der Waals surface area contributed by atoms with E-state index in [-0.39, 0.29) is 0 Å². The number of amides is 1. The zero-order valence-corrected chi connectivity index (χ0v) is 7.24. The summed E-state index contributed by atoms with van der Waals surface area (Å²) in [4.78, 5) is 13.1. The summed E-state index contributed by atoms with van der Waals surface area (Å²) in [5.41, 5.74) is 5.79. The third kappa shape index (κ3) is 6.70. The molecule has 0 aliphatic carbocycles. The number of pyridine rings is 1. The molecule has 1 amide bonds. The predicted molar refractivity (Wildman–Crippen MR) is 47.2 cm³/mol. The molecule has 1 rings (SSSR count). The first-order chi connectivity index (χ1) is 5.81.